The Morgan fingerprint density at radius 1 is 1.17 bits per heavy atom. The Morgan fingerprint density at radius 3 is 2.62 bits per heavy atom. The third kappa shape index (κ3) is 4.85. The summed E-state index contributed by atoms with van der Waals surface area (Å²) < 4.78 is 5.75. The van der Waals surface area contributed by atoms with Crippen molar-refractivity contribution in [3.8, 4) is 5.75 Å². The molecule has 1 N–H and O–H groups in total. The summed E-state index contributed by atoms with van der Waals surface area (Å²) >= 11 is 0. The summed E-state index contributed by atoms with van der Waals surface area (Å²) in [6.07, 6.45) is 1.88. The monoisotopic (exact) mass is 325 g/mol. The fourth-order valence-electron chi connectivity index (χ4n) is 2.53. The van der Waals surface area contributed by atoms with Crippen LogP contribution in [0, 0.1) is 12.8 Å². The molecule has 0 saturated heterocycles. The second kappa shape index (κ2) is 8.53. The second-order valence-corrected chi connectivity index (χ2v) is 6.48. The van der Waals surface area contributed by atoms with Gasteiger partial charge in [-0.1, -0.05) is 45.0 Å². The molecule has 0 saturated carbocycles. The van der Waals surface area contributed by atoms with Crippen molar-refractivity contribution in [2.45, 2.75) is 40.5 Å². The molecular formula is C21H27NO2. The number of amides is 1. The summed E-state index contributed by atoms with van der Waals surface area (Å²) in [4.78, 5) is 12.6. The summed E-state index contributed by atoms with van der Waals surface area (Å²) in [6.45, 7) is 9.11. The Kier molecular flexibility index (Phi) is 6.42. The molecule has 0 heterocycles. The van der Waals surface area contributed by atoms with Crippen molar-refractivity contribution in [1.29, 1.82) is 0 Å². The van der Waals surface area contributed by atoms with Crippen molar-refractivity contribution in [1.82, 2.24) is 0 Å². The van der Waals surface area contributed by atoms with E-state index < -0.39 is 0 Å². The fourth-order valence-corrected chi connectivity index (χ4v) is 2.53. The lowest BCUT2D eigenvalue weighted by Crippen LogP contribution is -2.14. The number of para-hydroxylation sites is 1. The molecule has 2 aromatic rings. The van der Waals surface area contributed by atoms with Gasteiger partial charge >= 0.3 is 0 Å². The second-order valence-electron chi connectivity index (χ2n) is 6.48. The van der Waals surface area contributed by atoms with Crippen LogP contribution in [0.15, 0.2) is 42.5 Å². The van der Waals surface area contributed by atoms with E-state index in [1.54, 1.807) is 6.07 Å². The average molecular weight is 325 g/mol. The van der Waals surface area contributed by atoms with Crippen molar-refractivity contribution in [2.75, 3.05) is 11.9 Å². The Bertz CT molecular complexity index is 692. The molecule has 0 fully saturated rings. The molecule has 0 aliphatic carbocycles. The van der Waals surface area contributed by atoms with Crippen LogP contribution in [-0.4, -0.2) is 12.5 Å². The largest absolute Gasteiger partial charge is 0.494 e. The van der Waals surface area contributed by atoms with Gasteiger partial charge in [-0.25, -0.2) is 0 Å². The molecule has 1 amide bonds. The average Bonchev–Trinajstić information content (AvgIpc) is 2.56. The topological polar surface area (TPSA) is 38.3 Å². The Hall–Kier alpha value is -2.29. The number of aryl methyl sites for hydroxylation is 2. The molecular weight excluding hydrogens is 298 g/mol. The van der Waals surface area contributed by atoms with Crippen molar-refractivity contribution in [3.63, 3.8) is 0 Å². The molecule has 128 valence electrons. The highest BCUT2D eigenvalue weighted by molar-refractivity contribution is 6.05. The molecule has 24 heavy (non-hydrogen) atoms. The molecule has 2 rings (SSSR count). The van der Waals surface area contributed by atoms with E-state index in [1.807, 2.05) is 43.3 Å². The van der Waals surface area contributed by atoms with Gasteiger partial charge in [0.2, 0.25) is 0 Å². The summed E-state index contributed by atoms with van der Waals surface area (Å²) in [7, 11) is 0. The maximum atomic E-state index is 12.6. The summed E-state index contributed by atoms with van der Waals surface area (Å²) in [5.41, 5.74) is 3.75. The lowest BCUT2D eigenvalue weighted by atomic mass is 10.1. The van der Waals surface area contributed by atoms with E-state index in [9.17, 15) is 4.79 Å². The van der Waals surface area contributed by atoms with Gasteiger partial charge in [-0.2, -0.15) is 0 Å². The Balaban J connectivity index is 2.10. The van der Waals surface area contributed by atoms with Gasteiger partial charge in [0, 0.05) is 11.3 Å². The molecule has 0 unspecified atom stereocenters. The number of carbonyl (C=O) groups excluding carboxylic acids is 1. The van der Waals surface area contributed by atoms with Crippen molar-refractivity contribution >= 4 is 11.6 Å². The van der Waals surface area contributed by atoms with Crippen molar-refractivity contribution in [3.05, 3.63) is 59.2 Å². The summed E-state index contributed by atoms with van der Waals surface area (Å²) in [5, 5.41) is 3.05. The minimum atomic E-state index is -0.103. The smallest absolute Gasteiger partial charge is 0.255 e. The third-order valence-electron chi connectivity index (χ3n) is 4.04. The van der Waals surface area contributed by atoms with E-state index in [1.165, 1.54) is 0 Å². The zero-order valence-corrected chi connectivity index (χ0v) is 15.1. The van der Waals surface area contributed by atoms with Crippen LogP contribution in [0.2, 0.25) is 0 Å². The SMILES string of the molecule is CCc1cccc(C)c1NC(=O)c1cccc(OCCC(C)C)c1. The molecule has 0 bridgehead atoms. The van der Waals surface area contributed by atoms with Gasteiger partial charge in [-0.3, -0.25) is 4.79 Å². The Labute approximate surface area is 145 Å². The van der Waals surface area contributed by atoms with Crippen LogP contribution in [0.4, 0.5) is 5.69 Å². The highest BCUT2D eigenvalue weighted by Crippen LogP contribution is 2.22. The van der Waals surface area contributed by atoms with Gasteiger partial charge in [0.05, 0.1) is 6.61 Å². The van der Waals surface area contributed by atoms with Gasteiger partial charge in [-0.05, 0) is 55.0 Å². The van der Waals surface area contributed by atoms with Crippen LogP contribution < -0.4 is 10.1 Å². The summed E-state index contributed by atoms with van der Waals surface area (Å²) in [6, 6.07) is 13.5. The van der Waals surface area contributed by atoms with E-state index in [0.717, 1.165) is 35.4 Å². The van der Waals surface area contributed by atoms with Crippen LogP contribution in [0.25, 0.3) is 0 Å². The predicted molar refractivity (Wildman–Crippen MR) is 99.9 cm³/mol. The number of hydrogen-bond acceptors (Lipinski definition) is 2. The van der Waals surface area contributed by atoms with Gasteiger partial charge in [0.25, 0.3) is 5.91 Å². The standard InChI is InChI=1S/C21H27NO2/c1-5-17-9-6-8-16(4)20(17)22-21(23)18-10-7-11-19(14-18)24-13-12-15(2)3/h6-11,14-15H,5,12-13H2,1-4H3,(H,22,23). The first kappa shape index (κ1) is 18.1. The third-order valence-corrected chi connectivity index (χ3v) is 4.04. The number of carbonyl (C=O) groups is 1. The number of anilines is 1. The van der Waals surface area contributed by atoms with Crippen molar-refractivity contribution in [2.24, 2.45) is 5.92 Å². The van der Waals surface area contributed by atoms with Crippen LogP contribution >= 0.6 is 0 Å². The molecule has 0 atom stereocenters. The zero-order chi connectivity index (χ0) is 17.5. The van der Waals surface area contributed by atoms with Gasteiger partial charge < -0.3 is 10.1 Å². The van der Waals surface area contributed by atoms with Crippen LogP contribution in [0.3, 0.4) is 0 Å². The van der Waals surface area contributed by atoms with E-state index in [0.29, 0.717) is 18.1 Å². The number of benzene rings is 2. The van der Waals surface area contributed by atoms with E-state index in [2.05, 4.69) is 26.1 Å². The maximum absolute atomic E-state index is 12.6. The highest BCUT2D eigenvalue weighted by atomic mass is 16.5. The van der Waals surface area contributed by atoms with Gasteiger partial charge in [0.15, 0.2) is 0 Å². The molecule has 0 aromatic heterocycles. The van der Waals surface area contributed by atoms with E-state index >= 15 is 0 Å². The first-order valence-corrected chi connectivity index (χ1v) is 8.64. The molecule has 0 radical (unpaired) electrons. The normalized spacial score (nSPS) is 10.7. The lowest BCUT2D eigenvalue weighted by Gasteiger charge is -2.14. The van der Waals surface area contributed by atoms with Gasteiger partial charge in [-0.15, -0.1) is 0 Å². The van der Waals surface area contributed by atoms with Gasteiger partial charge in [0.1, 0.15) is 5.75 Å². The molecule has 0 aliphatic heterocycles. The first-order valence-electron chi connectivity index (χ1n) is 8.64. The van der Waals surface area contributed by atoms with Crippen molar-refractivity contribution < 1.29 is 9.53 Å². The van der Waals surface area contributed by atoms with Crippen LogP contribution in [0.5, 0.6) is 5.75 Å². The highest BCUT2D eigenvalue weighted by Gasteiger charge is 2.11. The summed E-state index contributed by atoms with van der Waals surface area (Å²) in [5.74, 6) is 1.24. The lowest BCUT2D eigenvalue weighted by molar-refractivity contribution is 0.102. The molecule has 3 nitrogen and oxygen atoms in total. The van der Waals surface area contributed by atoms with Crippen LogP contribution in [-0.2, 0) is 6.42 Å². The predicted octanol–water partition coefficient (Wildman–Crippen LogP) is 5.23. The molecule has 0 spiro atoms. The molecule has 3 heteroatoms. The van der Waals surface area contributed by atoms with E-state index in [4.69, 9.17) is 4.74 Å². The Morgan fingerprint density at radius 2 is 1.92 bits per heavy atom. The maximum Gasteiger partial charge on any atom is 0.255 e. The minimum absolute atomic E-state index is 0.103. The van der Waals surface area contributed by atoms with Crippen LogP contribution in [0.1, 0.15) is 48.7 Å². The number of ether oxygens (including phenoxy) is 1. The number of hydrogen-bond donors (Lipinski definition) is 1. The quantitative estimate of drug-likeness (QED) is 0.756. The first-order chi connectivity index (χ1) is 11.5. The van der Waals surface area contributed by atoms with E-state index in [-0.39, 0.29) is 5.91 Å². The fraction of sp³-hybridized carbons (Fsp3) is 0.381. The molecule has 0 aliphatic rings. The zero-order valence-electron chi connectivity index (χ0n) is 15.1. The number of rotatable bonds is 7. The molecule has 2 aromatic carbocycles. The minimum Gasteiger partial charge on any atom is -0.494 e. The number of nitrogens with one attached hydrogen (secondary N) is 1.